The molecule has 2 aromatic carbocycles. The van der Waals surface area contributed by atoms with Gasteiger partial charge in [0.2, 0.25) is 0 Å². The molecule has 6 nitrogen and oxygen atoms in total. The molecular formula is C29H37N5O. The molecule has 0 saturated carbocycles. The van der Waals surface area contributed by atoms with E-state index in [1.165, 1.54) is 22.3 Å². The number of nitrogens with two attached hydrogens (primary N) is 2. The minimum atomic E-state index is -0.867. The number of nitrogens with zero attached hydrogens (tertiary/aromatic N) is 3. The van der Waals surface area contributed by atoms with Crippen molar-refractivity contribution in [2.45, 2.75) is 83.9 Å². The molecule has 5 rings (SSSR count). The molecule has 0 radical (unpaired) electrons. The summed E-state index contributed by atoms with van der Waals surface area (Å²) in [6.45, 7) is 6.30. The third-order valence-corrected chi connectivity index (χ3v) is 7.09. The molecule has 1 atom stereocenters. The zero-order valence-electron chi connectivity index (χ0n) is 21.1. The Morgan fingerprint density at radius 3 is 2.63 bits per heavy atom. The summed E-state index contributed by atoms with van der Waals surface area (Å²) in [6.07, 6.45) is 6.91. The quantitative estimate of drug-likeness (QED) is 0.363. The Labute approximate surface area is 207 Å². The summed E-state index contributed by atoms with van der Waals surface area (Å²) in [4.78, 5) is 9.62. The fourth-order valence-corrected chi connectivity index (χ4v) is 5.38. The van der Waals surface area contributed by atoms with Crippen LogP contribution < -0.4 is 11.5 Å². The normalized spacial score (nSPS) is 16.2. The first-order valence-corrected chi connectivity index (χ1v) is 12.9. The molecule has 0 amide bonds. The third-order valence-electron chi connectivity index (χ3n) is 7.09. The fourth-order valence-electron chi connectivity index (χ4n) is 5.38. The molecule has 184 valence electrons. The predicted octanol–water partition coefficient (Wildman–Crippen LogP) is 4.69. The number of nitrogen functional groups attached to an aromatic ring is 1. The van der Waals surface area contributed by atoms with E-state index in [2.05, 4.69) is 47.9 Å². The first-order valence-electron chi connectivity index (χ1n) is 12.9. The van der Waals surface area contributed by atoms with Gasteiger partial charge in [-0.05, 0) is 74.3 Å². The molecule has 2 heterocycles. The van der Waals surface area contributed by atoms with Gasteiger partial charge in [0.1, 0.15) is 11.3 Å². The van der Waals surface area contributed by atoms with Crippen LogP contribution in [0, 0.1) is 0 Å². The molecule has 0 aliphatic heterocycles. The van der Waals surface area contributed by atoms with Gasteiger partial charge in [-0.25, -0.2) is 9.97 Å². The second-order valence-corrected chi connectivity index (χ2v) is 10.9. The lowest BCUT2D eigenvalue weighted by molar-refractivity contribution is 0.0618. The monoisotopic (exact) mass is 471 g/mol. The molecule has 0 fully saturated rings. The van der Waals surface area contributed by atoms with Crippen molar-refractivity contribution in [1.29, 1.82) is 0 Å². The summed E-state index contributed by atoms with van der Waals surface area (Å²) in [6, 6.07) is 13.6. The molecular weight excluding hydrogens is 434 g/mol. The van der Waals surface area contributed by atoms with E-state index in [0.717, 1.165) is 72.7 Å². The molecule has 0 bridgehead atoms. The van der Waals surface area contributed by atoms with Gasteiger partial charge in [0, 0.05) is 17.8 Å². The molecule has 5 N–H and O–H groups in total. The third kappa shape index (κ3) is 4.91. The van der Waals surface area contributed by atoms with Crippen LogP contribution in [0.4, 0.5) is 5.82 Å². The zero-order valence-corrected chi connectivity index (χ0v) is 21.1. The van der Waals surface area contributed by atoms with Crippen LogP contribution in [0.1, 0.15) is 68.1 Å². The van der Waals surface area contributed by atoms with Crippen LogP contribution >= 0.6 is 0 Å². The van der Waals surface area contributed by atoms with Gasteiger partial charge in [0.25, 0.3) is 0 Å². The highest BCUT2D eigenvalue weighted by Crippen LogP contribution is 2.32. The van der Waals surface area contributed by atoms with Crippen LogP contribution in [0.3, 0.4) is 0 Å². The smallest absolute Gasteiger partial charge is 0.152 e. The average molecular weight is 472 g/mol. The molecule has 4 aromatic rings. The number of imidazole rings is 1. The van der Waals surface area contributed by atoms with Crippen molar-refractivity contribution < 1.29 is 5.11 Å². The lowest BCUT2D eigenvalue weighted by atomic mass is 9.87. The minimum Gasteiger partial charge on any atom is -0.389 e. The number of hydrogen-bond donors (Lipinski definition) is 3. The number of anilines is 1. The van der Waals surface area contributed by atoms with E-state index in [4.69, 9.17) is 21.4 Å². The Kier molecular flexibility index (Phi) is 6.28. The lowest BCUT2D eigenvalue weighted by Gasteiger charge is -2.22. The number of unbranched alkanes of at least 4 members (excludes halogenated alkanes) is 1. The van der Waals surface area contributed by atoms with Crippen molar-refractivity contribution in [3.8, 4) is 0 Å². The van der Waals surface area contributed by atoms with Crippen LogP contribution in [0.2, 0.25) is 0 Å². The maximum atomic E-state index is 10.6. The minimum absolute atomic E-state index is 0.268. The largest absolute Gasteiger partial charge is 0.389 e. The Morgan fingerprint density at radius 2 is 1.86 bits per heavy atom. The van der Waals surface area contributed by atoms with Crippen LogP contribution in [0.15, 0.2) is 36.4 Å². The van der Waals surface area contributed by atoms with Gasteiger partial charge in [-0.2, -0.15) is 0 Å². The first kappa shape index (κ1) is 23.8. The summed E-state index contributed by atoms with van der Waals surface area (Å²) in [5.74, 6) is 1.40. The summed E-state index contributed by atoms with van der Waals surface area (Å²) in [5, 5.41) is 11.7. The van der Waals surface area contributed by atoms with E-state index in [1.807, 2.05) is 13.8 Å². The molecule has 1 unspecified atom stereocenters. The molecule has 1 aliphatic rings. The molecule has 35 heavy (non-hydrogen) atoms. The Morgan fingerprint density at radius 1 is 1.09 bits per heavy atom. The van der Waals surface area contributed by atoms with E-state index in [9.17, 15) is 5.11 Å². The summed E-state index contributed by atoms with van der Waals surface area (Å²) in [7, 11) is 0. The van der Waals surface area contributed by atoms with Crippen molar-refractivity contribution in [2.24, 2.45) is 5.73 Å². The van der Waals surface area contributed by atoms with Crippen molar-refractivity contribution >= 4 is 27.8 Å². The second kappa shape index (κ2) is 9.25. The summed E-state index contributed by atoms with van der Waals surface area (Å²) in [5.41, 5.74) is 19.6. The number of rotatable bonds is 7. The van der Waals surface area contributed by atoms with E-state index < -0.39 is 5.60 Å². The summed E-state index contributed by atoms with van der Waals surface area (Å²) >= 11 is 0. The Bertz CT molecular complexity index is 1380. The maximum Gasteiger partial charge on any atom is 0.152 e. The highest BCUT2D eigenvalue weighted by Gasteiger charge is 2.22. The van der Waals surface area contributed by atoms with E-state index in [1.54, 1.807) is 0 Å². The van der Waals surface area contributed by atoms with Crippen LogP contribution in [0.25, 0.3) is 21.9 Å². The first-order chi connectivity index (χ1) is 16.7. The number of aryl methyl sites for hydroxylation is 2. The molecule has 1 aliphatic carbocycles. The van der Waals surface area contributed by atoms with Crippen LogP contribution in [-0.4, -0.2) is 31.3 Å². The van der Waals surface area contributed by atoms with Crippen LogP contribution in [0.5, 0.6) is 0 Å². The Balaban J connectivity index is 1.56. The maximum absolute atomic E-state index is 10.6. The number of hydrogen-bond acceptors (Lipinski definition) is 5. The zero-order chi connectivity index (χ0) is 24.7. The summed E-state index contributed by atoms with van der Waals surface area (Å²) < 4.78 is 2.15. The van der Waals surface area contributed by atoms with Crippen molar-refractivity contribution in [3.05, 3.63) is 64.5 Å². The second-order valence-electron chi connectivity index (χ2n) is 10.9. The van der Waals surface area contributed by atoms with Crippen LogP contribution in [-0.2, 0) is 32.2 Å². The number of aliphatic hydroxyl groups is 1. The van der Waals surface area contributed by atoms with Gasteiger partial charge in [-0.1, -0.05) is 43.7 Å². The number of pyridine rings is 1. The SMILES string of the molecule is CCCCc1nc2c(N)nc3cc(Cc4ccc5c(c4)CC(N)CC5)ccc3c2n1CC(C)(C)O. The lowest BCUT2D eigenvalue weighted by Crippen LogP contribution is -2.27. The topological polar surface area (TPSA) is 103 Å². The van der Waals surface area contributed by atoms with Crippen molar-refractivity contribution in [2.75, 3.05) is 5.73 Å². The number of aromatic nitrogens is 3. The molecule has 6 heteroatoms. The number of benzene rings is 2. The molecule has 0 spiro atoms. The standard InChI is InChI=1S/C29H37N5O/c1-4-5-6-25-33-26-27(34(25)17-29(2,3)35)23-12-8-19(15-24(23)32-28(26)31)13-18-7-9-20-10-11-22(30)16-21(20)14-18/h7-9,12,14-15,22,35H,4-6,10-11,13,16-17,30H2,1-3H3,(H2,31,32). The van der Waals surface area contributed by atoms with E-state index >= 15 is 0 Å². The van der Waals surface area contributed by atoms with E-state index in [0.29, 0.717) is 12.4 Å². The van der Waals surface area contributed by atoms with E-state index in [-0.39, 0.29) is 6.04 Å². The molecule has 2 aromatic heterocycles. The predicted molar refractivity (Wildman–Crippen MR) is 144 cm³/mol. The van der Waals surface area contributed by atoms with Gasteiger partial charge in [-0.15, -0.1) is 0 Å². The number of fused-ring (bicyclic) bond motifs is 4. The van der Waals surface area contributed by atoms with Gasteiger partial charge < -0.3 is 21.1 Å². The fraction of sp³-hybridized carbons (Fsp3) is 0.448. The highest BCUT2D eigenvalue weighted by molar-refractivity contribution is 6.06. The van der Waals surface area contributed by atoms with Crippen molar-refractivity contribution in [1.82, 2.24) is 14.5 Å². The van der Waals surface area contributed by atoms with Gasteiger partial charge >= 0.3 is 0 Å². The molecule has 0 saturated heterocycles. The van der Waals surface area contributed by atoms with Gasteiger partial charge in [0.05, 0.1) is 23.2 Å². The highest BCUT2D eigenvalue weighted by atomic mass is 16.3. The van der Waals surface area contributed by atoms with Gasteiger partial charge in [-0.3, -0.25) is 0 Å². The van der Waals surface area contributed by atoms with Gasteiger partial charge in [0.15, 0.2) is 5.82 Å². The average Bonchev–Trinajstić information content (AvgIpc) is 3.14. The Hall–Kier alpha value is -2.96. The van der Waals surface area contributed by atoms with Crippen molar-refractivity contribution in [3.63, 3.8) is 0 Å².